The van der Waals surface area contributed by atoms with E-state index in [1.807, 2.05) is 22.4 Å². The molecular formula is C22H28N2O2S. The van der Waals surface area contributed by atoms with Crippen molar-refractivity contribution >= 4 is 17.2 Å². The number of aliphatic hydroxyl groups excluding tert-OH is 1. The molecule has 1 atom stereocenters. The van der Waals surface area contributed by atoms with Gasteiger partial charge in [0.1, 0.15) is 0 Å². The van der Waals surface area contributed by atoms with Crippen LogP contribution in [-0.4, -0.2) is 47.0 Å². The molecule has 2 aliphatic heterocycles. The highest BCUT2D eigenvalue weighted by molar-refractivity contribution is 7.10. The Kier molecular flexibility index (Phi) is 5.91. The van der Waals surface area contributed by atoms with Gasteiger partial charge in [0.15, 0.2) is 0 Å². The maximum atomic E-state index is 12.6. The van der Waals surface area contributed by atoms with E-state index in [0.29, 0.717) is 12.3 Å². The lowest BCUT2D eigenvalue weighted by Crippen LogP contribution is -2.40. The summed E-state index contributed by atoms with van der Waals surface area (Å²) in [4.78, 5) is 18.1. The van der Waals surface area contributed by atoms with Gasteiger partial charge in [-0.1, -0.05) is 30.3 Å². The predicted molar refractivity (Wildman–Crippen MR) is 109 cm³/mol. The average molecular weight is 385 g/mol. The first-order valence-corrected chi connectivity index (χ1v) is 10.9. The fraction of sp³-hybridized carbons (Fsp3) is 0.500. The van der Waals surface area contributed by atoms with Crippen molar-refractivity contribution < 1.29 is 9.90 Å². The van der Waals surface area contributed by atoms with Crippen LogP contribution in [0.2, 0.25) is 0 Å². The van der Waals surface area contributed by atoms with E-state index in [4.69, 9.17) is 0 Å². The standard InChI is InChI=1S/C22H28N2O2S/c25-21(24-14-9-17-4-1-2-5-19(17)16-24)10-13-23-11-7-18(8-12-23)22(26)20-6-3-15-27-20/h1-6,15,18,22,26H,7-14,16H2/t22-/m1/s1. The molecule has 0 saturated carbocycles. The van der Waals surface area contributed by atoms with Crippen LogP contribution in [0.25, 0.3) is 0 Å². The minimum Gasteiger partial charge on any atom is -0.387 e. The third kappa shape index (κ3) is 4.42. The van der Waals surface area contributed by atoms with Crippen LogP contribution in [0.5, 0.6) is 0 Å². The molecule has 4 rings (SSSR count). The number of nitrogens with zero attached hydrogens (tertiary/aromatic N) is 2. The van der Waals surface area contributed by atoms with Crippen LogP contribution in [0.1, 0.15) is 41.4 Å². The van der Waals surface area contributed by atoms with Crippen LogP contribution in [0.15, 0.2) is 41.8 Å². The van der Waals surface area contributed by atoms with Crippen molar-refractivity contribution in [1.29, 1.82) is 0 Å². The van der Waals surface area contributed by atoms with Crippen molar-refractivity contribution in [2.45, 2.75) is 38.3 Å². The summed E-state index contributed by atoms with van der Waals surface area (Å²) in [6.07, 6.45) is 3.24. The van der Waals surface area contributed by atoms with Gasteiger partial charge in [0.05, 0.1) is 6.10 Å². The Hall–Kier alpha value is -1.69. The summed E-state index contributed by atoms with van der Waals surface area (Å²) in [6, 6.07) is 12.5. The molecule has 4 nitrogen and oxygen atoms in total. The number of likely N-dealkylation sites (tertiary alicyclic amines) is 1. The van der Waals surface area contributed by atoms with Gasteiger partial charge in [-0.25, -0.2) is 0 Å². The minimum atomic E-state index is -0.331. The molecule has 5 heteroatoms. The highest BCUT2D eigenvalue weighted by Gasteiger charge is 2.27. The number of hydrogen-bond acceptors (Lipinski definition) is 4. The first kappa shape index (κ1) is 18.7. The van der Waals surface area contributed by atoms with E-state index < -0.39 is 0 Å². The summed E-state index contributed by atoms with van der Waals surface area (Å²) in [5, 5.41) is 12.5. The minimum absolute atomic E-state index is 0.269. The number of carbonyl (C=O) groups is 1. The Morgan fingerprint density at radius 2 is 1.89 bits per heavy atom. The maximum absolute atomic E-state index is 12.6. The molecule has 0 radical (unpaired) electrons. The van der Waals surface area contributed by atoms with Crippen molar-refractivity contribution in [1.82, 2.24) is 9.80 Å². The number of carbonyl (C=O) groups excluding carboxylic acids is 1. The monoisotopic (exact) mass is 384 g/mol. The molecular weight excluding hydrogens is 356 g/mol. The van der Waals surface area contributed by atoms with Gasteiger partial charge in [0, 0.05) is 30.9 Å². The first-order chi connectivity index (χ1) is 13.2. The molecule has 1 aromatic carbocycles. The molecule has 1 aromatic heterocycles. The molecule has 1 N–H and O–H groups in total. The Bertz CT molecular complexity index is 753. The largest absolute Gasteiger partial charge is 0.387 e. The van der Waals surface area contributed by atoms with Crippen LogP contribution in [-0.2, 0) is 17.8 Å². The first-order valence-electron chi connectivity index (χ1n) is 9.99. The predicted octanol–water partition coefficient (Wildman–Crippen LogP) is 3.47. The van der Waals surface area contributed by atoms with Crippen LogP contribution in [0.4, 0.5) is 0 Å². The zero-order chi connectivity index (χ0) is 18.6. The van der Waals surface area contributed by atoms with Gasteiger partial charge in [0.2, 0.25) is 5.91 Å². The molecule has 1 amide bonds. The number of benzene rings is 1. The maximum Gasteiger partial charge on any atom is 0.224 e. The highest BCUT2D eigenvalue weighted by atomic mass is 32.1. The second-order valence-corrected chi connectivity index (χ2v) is 8.70. The van der Waals surface area contributed by atoms with Crippen LogP contribution in [0, 0.1) is 5.92 Å². The zero-order valence-electron chi connectivity index (χ0n) is 15.7. The molecule has 2 aliphatic rings. The molecule has 0 bridgehead atoms. The van der Waals surface area contributed by atoms with Gasteiger partial charge < -0.3 is 14.9 Å². The molecule has 1 fully saturated rings. The number of amides is 1. The topological polar surface area (TPSA) is 43.8 Å². The number of aliphatic hydroxyl groups is 1. The number of thiophene rings is 1. The van der Waals surface area contributed by atoms with Crippen molar-refractivity contribution in [2.24, 2.45) is 5.92 Å². The summed E-state index contributed by atoms with van der Waals surface area (Å²) >= 11 is 1.64. The summed E-state index contributed by atoms with van der Waals surface area (Å²) in [5.74, 6) is 0.611. The van der Waals surface area contributed by atoms with E-state index in [-0.39, 0.29) is 12.0 Å². The molecule has 0 aliphatic carbocycles. The Morgan fingerprint density at radius 3 is 2.63 bits per heavy atom. The lowest BCUT2D eigenvalue weighted by molar-refractivity contribution is -0.132. The normalized spacial score (nSPS) is 19.7. The van der Waals surface area contributed by atoms with E-state index in [0.717, 1.165) is 56.9 Å². The van der Waals surface area contributed by atoms with Crippen molar-refractivity contribution in [3.63, 3.8) is 0 Å². The number of hydrogen-bond donors (Lipinski definition) is 1. The van der Waals surface area contributed by atoms with Crippen LogP contribution >= 0.6 is 11.3 Å². The summed E-state index contributed by atoms with van der Waals surface area (Å²) in [5.41, 5.74) is 2.67. The summed E-state index contributed by atoms with van der Waals surface area (Å²) in [6.45, 7) is 4.38. The highest BCUT2D eigenvalue weighted by Crippen LogP contribution is 2.33. The Morgan fingerprint density at radius 1 is 1.11 bits per heavy atom. The SMILES string of the molecule is O=C(CCN1CCC([C@@H](O)c2cccs2)CC1)N1CCc2ccccc2C1. The molecule has 1 saturated heterocycles. The fourth-order valence-corrected chi connectivity index (χ4v) is 5.11. The lowest BCUT2D eigenvalue weighted by Gasteiger charge is -2.34. The Labute approximate surface area is 165 Å². The Balaban J connectivity index is 1.22. The van der Waals surface area contributed by atoms with Gasteiger partial charge in [0.25, 0.3) is 0 Å². The van der Waals surface area contributed by atoms with Crippen molar-refractivity contribution in [3.05, 3.63) is 57.8 Å². The average Bonchev–Trinajstić information content (AvgIpc) is 3.26. The second-order valence-electron chi connectivity index (χ2n) is 7.72. The van der Waals surface area contributed by atoms with E-state index in [1.54, 1.807) is 11.3 Å². The zero-order valence-corrected chi connectivity index (χ0v) is 16.5. The van der Waals surface area contributed by atoms with Crippen LogP contribution < -0.4 is 0 Å². The quantitative estimate of drug-likeness (QED) is 0.858. The van der Waals surface area contributed by atoms with E-state index in [2.05, 4.69) is 29.2 Å². The van der Waals surface area contributed by atoms with Crippen molar-refractivity contribution in [3.8, 4) is 0 Å². The summed E-state index contributed by atoms with van der Waals surface area (Å²) < 4.78 is 0. The molecule has 0 unspecified atom stereocenters. The number of fused-ring (bicyclic) bond motifs is 1. The van der Waals surface area contributed by atoms with E-state index >= 15 is 0 Å². The third-order valence-electron chi connectivity index (χ3n) is 6.04. The second kappa shape index (κ2) is 8.55. The number of piperidine rings is 1. The van der Waals surface area contributed by atoms with Gasteiger partial charge in [-0.2, -0.15) is 0 Å². The fourth-order valence-electron chi connectivity index (χ4n) is 4.30. The lowest BCUT2D eigenvalue weighted by atomic mass is 9.90. The van der Waals surface area contributed by atoms with E-state index in [1.165, 1.54) is 11.1 Å². The van der Waals surface area contributed by atoms with Gasteiger partial charge in [-0.15, -0.1) is 11.3 Å². The van der Waals surface area contributed by atoms with Crippen molar-refractivity contribution in [2.75, 3.05) is 26.2 Å². The van der Waals surface area contributed by atoms with Gasteiger partial charge in [-0.05, 0) is 60.8 Å². The van der Waals surface area contributed by atoms with Gasteiger partial charge >= 0.3 is 0 Å². The van der Waals surface area contributed by atoms with Crippen LogP contribution in [0.3, 0.4) is 0 Å². The molecule has 144 valence electrons. The number of rotatable bonds is 5. The molecule has 3 heterocycles. The smallest absolute Gasteiger partial charge is 0.224 e. The third-order valence-corrected chi connectivity index (χ3v) is 6.98. The molecule has 27 heavy (non-hydrogen) atoms. The van der Waals surface area contributed by atoms with Gasteiger partial charge in [-0.3, -0.25) is 4.79 Å². The molecule has 0 spiro atoms. The molecule has 2 aromatic rings. The van der Waals surface area contributed by atoms with E-state index in [9.17, 15) is 9.90 Å². The summed E-state index contributed by atoms with van der Waals surface area (Å²) in [7, 11) is 0.